The van der Waals surface area contributed by atoms with Gasteiger partial charge in [-0.3, -0.25) is 4.79 Å². The van der Waals surface area contributed by atoms with Crippen LogP contribution in [0.25, 0.3) is 0 Å². The smallest absolute Gasteiger partial charge is 0.246 e. The van der Waals surface area contributed by atoms with Crippen molar-refractivity contribution in [2.75, 3.05) is 22.1 Å². The number of carbonyl (C=O) groups is 1. The number of nitrogens with one attached hydrogen (secondary N) is 2. The molecule has 0 aromatic heterocycles. The van der Waals surface area contributed by atoms with Crippen molar-refractivity contribution in [2.24, 2.45) is 0 Å². The van der Waals surface area contributed by atoms with E-state index in [2.05, 4.69) is 44.8 Å². The molecule has 1 aliphatic heterocycles. The summed E-state index contributed by atoms with van der Waals surface area (Å²) in [6, 6.07) is 15.6. The second-order valence-corrected chi connectivity index (χ2v) is 9.20. The molecule has 1 amide bonds. The van der Waals surface area contributed by atoms with Gasteiger partial charge in [0.1, 0.15) is 6.04 Å². The monoisotopic (exact) mass is 422 g/mol. The zero-order valence-corrected chi connectivity index (χ0v) is 16.5. The highest BCUT2D eigenvalue weighted by atomic mass is 79.9. The largest absolute Gasteiger partial charge is 0.374 e. The number of thioether (sulfide) groups is 2. The summed E-state index contributed by atoms with van der Waals surface area (Å²) in [6.07, 6.45) is 0. The van der Waals surface area contributed by atoms with Gasteiger partial charge in [-0.1, -0.05) is 28.1 Å². The van der Waals surface area contributed by atoms with Gasteiger partial charge >= 0.3 is 0 Å². The van der Waals surface area contributed by atoms with Gasteiger partial charge in [0, 0.05) is 27.4 Å². The third-order valence-corrected chi connectivity index (χ3v) is 7.30. The summed E-state index contributed by atoms with van der Waals surface area (Å²) in [4.78, 5) is 12.3. The Kier molecular flexibility index (Phi) is 6.14. The van der Waals surface area contributed by atoms with Gasteiger partial charge in [0.25, 0.3) is 0 Å². The minimum atomic E-state index is -0.312. The first-order chi connectivity index (χ1) is 11.6. The first kappa shape index (κ1) is 17.7. The highest BCUT2D eigenvalue weighted by Gasteiger charge is 2.19. The first-order valence-electron chi connectivity index (χ1n) is 7.78. The molecule has 0 saturated carbocycles. The van der Waals surface area contributed by atoms with Crippen LogP contribution in [0.5, 0.6) is 0 Å². The Hall–Kier alpha value is -1.11. The average molecular weight is 423 g/mol. The minimum Gasteiger partial charge on any atom is -0.374 e. The summed E-state index contributed by atoms with van der Waals surface area (Å²) < 4.78 is 1.50. The lowest BCUT2D eigenvalue weighted by Gasteiger charge is -2.17. The molecule has 0 bridgehead atoms. The van der Waals surface area contributed by atoms with Crippen molar-refractivity contribution in [2.45, 2.75) is 17.5 Å². The Bertz CT molecular complexity index is 702. The van der Waals surface area contributed by atoms with Crippen LogP contribution in [0.3, 0.4) is 0 Å². The Morgan fingerprint density at radius 1 is 1.12 bits per heavy atom. The molecule has 24 heavy (non-hydrogen) atoms. The molecule has 126 valence electrons. The van der Waals surface area contributed by atoms with Crippen LogP contribution in [0.1, 0.15) is 17.1 Å². The van der Waals surface area contributed by atoms with Crippen molar-refractivity contribution >= 4 is 56.7 Å². The minimum absolute atomic E-state index is 0.0488. The summed E-state index contributed by atoms with van der Waals surface area (Å²) in [5.74, 6) is 2.37. The fourth-order valence-electron chi connectivity index (χ4n) is 2.43. The second-order valence-electron chi connectivity index (χ2n) is 5.56. The van der Waals surface area contributed by atoms with Crippen LogP contribution in [0.2, 0.25) is 0 Å². The van der Waals surface area contributed by atoms with Crippen molar-refractivity contribution in [3.63, 3.8) is 0 Å². The van der Waals surface area contributed by atoms with E-state index in [0.717, 1.165) is 15.8 Å². The summed E-state index contributed by atoms with van der Waals surface area (Å²) in [7, 11) is 0. The summed E-state index contributed by atoms with van der Waals surface area (Å²) in [5.41, 5.74) is 3.09. The van der Waals surface area contributed by atoms with E-state index in [0.29, 0.717) is 4.58 Å². The molecule has 1 fully saturated rings. The molecular weight excluding hydrogens is 404 g/mol. The van der Waals surface area contributed by atoms with E-state index in [1.54, 1.807) is 0 Å². The molecule has 0 radical (unpaired) electrons. The molecule has 1 saturated heterocycles. The third-order valence-electron chi connectivity index (χ3n) is 3.67. The number of amides is 1. The molecular formula is C18H19BrN2OS2. The van der Waals surface area contributed by atoms with E-state index >= 15 is 0 Å². The molecule has 2 aromatic carbocycles. The maximum atomic E-state index is 12.3. The van der Waals surface area contributed by atoms with Gasteiger partial charge < -0.3 is 10.6 Å². The summed E-state index contributed by atoms with van der Waals surface area (Å²) in [6.45, 7) is 1.87. The summed E-state index contributed by atoms with van der Waals surface area (Å²) >= 11 is 7.36. The van der Waals surface area contributed by atoms with Gasteiger partial charge in [0.05, 0.1) is 4.58 Å². The van der Waals surface area contributed by atoms with Crippen molar-refractivity contribution in [3.05, 3.63) is 58.6 Å². The molecule has 2 aromatic rings. The van der Waals surface area contributed by atoms with Gasteiger partial charge in [0.2, 0.25) is 5.91 Å². The SMILES string of the molecule is C[C@H](Nc1cccc(C2SCCS2)c1)C(=O)Nc1ccc(Br)cc1. The highest BCUT2D eigenvalue weighted by Crippen LogP contribution is 2.45. The van der Waals surface area contributed by atoms with Crippen LogP contribution < -0.4 is 10.6 Å². The van der Waals surface area contributed by atoms with E-state index in [-0.39, 0.29) is 11.9 Å². The fraction of sp³-hybridized carbons (Fsp3) is 0.278. The van der Waals surface area contributed by atoms with Crippen LogP contribution in [-0.2, 0) is 4.79 Å². The van der Waals surface area contributed by atoms with Gasteiger partial charge in [-0.05, 0) is 48.9 Å². The quantitative estimate of drug-likeness (QED) is 0.679. The van der Waals surface area contributed by atoms with E-state index in [4.69, 9.17) is 0 Å². The predicted molar refractivity (Wildman–Crippen MR) is 110 cm³/mol. The lowest BCUT2D eigenvalue weighted by molar-refractivity contribution is -0.116. The molecule has 1 aliphatic rings. The maximum Gasteiger partial charge on any atom is 0.246 e. The number of rotatable bonds is 5. The van der Waals surface area contributed by atoms with E-state index in [1.807, 2.05) is 60.8 Å². The lowest BCUT2D eigenvalue weighted by atomic mass is 10.2. The van der Waals surface area contributed by atoms with Crippen LogP contribution in [0.15, 0.2) is 53.0 Å². The van der Waals surface area contributed by atoms with E-state index in [9.17, 15) is 4.79 Å². The molecule has 3 nitrogen and oxygen atoms in total. The third kappa shape index (κ3) is 4.71. The highest BCUT2D eigenvalue weighted by molar-refractivity contribution is 9.10. The topological polar surface area (TPSA) is 41.1 Å². The molecule has 2 N–H and O–H groups in total. The van der Waals surface area contributed by atoms with E-state index in [1.165, 1.54) is 17.1 Å². The number of benzene rings is 2. The van der Waals surface area contributed by atoms with Crippen molar-refractivity contribution < 1.29 is 4.79 Å². The second kappa shape index (κ2) is 8.32. The van der Waals surface area contributed by atoms with Crippen molar-refractivity contribution in [1.82, 2.24) is 0 Å². The number of halogens is 1. The standard InChI is InChI=1S/C18H19BrN2OS2/c1-12(17(22)21-15-7-5-14(19)6-8-15)20-16-4-2-3-13(11-16)18-23-9-10-24-18/h2-8,11-12,18,20H,9-10H2,1H3,(H,21,22)/t12-/m0/s1. The van der Waals surface area contributed by atoms with Gasteiger partial charge in [-0.25, -0.2) is 0 Å². The van der Waals surface area contributed by atoms with Gasteiger partial charge in [-0.15, -0.1) is 23.5 Å². The zero-order valence-electron chi connectivity index (χ0n) is 13.3. The summed E-state index contributed by atoms with van der Waals surface area (Å²) in [5, 5.41) is 6.23. The number of carbonyl (C=O) groups excluding carboxylic acids is 1. The predicted octanol–water partition coefficient (Wildman–Crippen LogP) is 5.37. The number of anilines is 2. The van der Waals surface area contributed by atoms with Crippen LogP contribution >= 0.6 is 39.5 Å². The Balaban J connectivity index is 1.61. The van der Waals surface area contributed by atoms with Crippen molar-refractivity contribution in [1.29, 1.82) is 0 Å². The average Bonchev–Trinajstić information content (AvgIpc) is 3.12. The molecule has 0 unspecified atom stereocenters. The number of hydrogen-bond acceptors (Lipinski definition) is 4. The Labute approximate surface area is 159 Å². The zero-order chi connectivity index (χ0) is 16.9. The van der Waals surface area contributed by atoms with Crippen LogP contribution in [0, 0.1) is 0 Å². The molecule has 1 atom stereocenters. The molecule has 3 rings (SSSR count). The fourth-order valence-corrected chi connectivity index (χ4v) is 5.53. The Morgan fingerprint density at radius 2 is 1.83 bits per heavy atom. The van der Waals surface area contributed by atoms with Crippen molar-refractivity contribution in [3.8, 4) is 0 Å². The van der Waals surface area contributed by atoms with E-state index < -0.39 is 0 Å². The molecule has 1 heterocycles. The van der Waals surface area contributed by atoms with Gasteiger partial charge in [-0.2, -0.15) is 0 Å². The van der Waals surface area contributed by atoms with Crippen LogP contribution in [0.4, 0.5) is 11.4 Å². The molecule has 0 aliphatic carbocycles. The first-order valence-corrected chi connectivity index (χ1v) is 10.7. The maximum absolute atomic E-state index is 12.3. The Morgan fingerprint density at radius 3 is 2.54 bits per heavy atom. The normalized spacial score (nSPS) is 15.9. The number of hydrogen-bond donors (Lipinski definition) is 2. The molecule has 0 spiro atoms. The van der Waals surface area contributed by atoms with Crippen LogP contribution in [-0.4, -0.2) is 23.5 Å². The van der Waals surface area contributed by atoms with Gasteiger partial charge in [0.15, 0.2) is 0 Å². The lowest BCUT2D eigenvalue weighted by Crippen LogP contribution is -2.31. The molecule has 6 heteroatoms.